The molecule has 2 aliphatic heterocycles. The van der Waals surface area contributed by atoms with Gasteiger partial charge in [-0.25, -0.2) is 0 Å². The number of morpholine rings is 1. The normalized spacial score (nSPS) is 19.9. The third-order valence-electron chi connectivity index (χ3n) is 6.19. The third kappa shape index (κ3) is 6.69. The van der Waals surface area contributed by atoms with E-state index in [2.05, 4.69) is 63.5 Å². The quantitative estimate of drug-likeness (QED) is 0.543. The molecule has 1 aromatic carbocycles. The van der Waals surface area contributed by atoms with Crippen molar-refractivity contribution >= 4 is 5.96 Å². The number of ether oxygens (including phenoxy) is 1. The van der Waals surface area contributed by atoms with Crippen LogP contribution in [-0.4, -0.2) is 74.3 Å². The van der Waals surface area contributed by atoms with E-state index in [1.165, 1.54) is 43.5 Å². The van der Waals surface area contributed by atoms with Gasteiger partial charge in [-0.1, -0.05) is 30.7 Å². The second-order valence-electron chi connectivity index (χ2n) is 8.80. The lowest BCUT2D eigenvalue weighted by Crippen LogP contribution is -2.54. The minimum atomic E-state index is 0.131. The summed E-state index contributed by atoms with van der Waals surface area (Å²) in [6.07, 6.45) is 4.00. The monoisotopic (exact) mass is 401 g/mol. The number of piperidine rings is 1. The smallest absolute Gasteiger partial charge is 0.191 e. The van der Waals surface area contributed by atoms with Crippen LogP contribution in [0.1, 0.15) is 44.2 Å². The van der Waals surface area contributed by atoms with E-state index in [4.69, 9.17) is 4.74 Å². The molecule has 6 nitrogen and oxygen atoms in total. The first-order valence-corrected chi connectivity index (χ1v) is 11.1. The highest BCUT2D eigenvalue weighted by molar-refractivity contribution is 5.79. The highest BCUT2D eigenvalue weighted by Crippen LogP contribution is 2.19. The average Bonchev–Trinajstić information content (AvgIpc) is 2.76. The van der Waals surface area contributed by atoms with E-state index in [-0.39, 0.29) is 5.54 Å². The molecule has 3 rings (SSSR count). The summed E-state index contributed by atoms with van der Waals surface area (Å²) in [6.45, 7) is 13.4. The first kappa shape index (κ1) is 22.1. The van der Waals surface area contributed by atoms with Gasteiger partial charge in [-0.15, -0.1) is 0 Å². The number of nitrogens with zero attached hydrogens (tertiary/aromatic N) is 3. The van der Waals surface area contributed by atoms with Crippen LogP contribution >= 0.6 is 0 Å². The summed E-state index contributed by atoms with van der Waals surface area (Å²) in [5.41, 5.74) is 2.84. The van der Waals surface area contributed by atoms with Crippen molar-refractivity contribution in [3.05, 3.63) is 35.4 Å². The van der Waals surface area contributed by atoms with E-state index in [0.29, 0.717) is 0 Å². The molecule has 0 spiro atoms. The molecule has 29 heavy (non-hydrogen) atoms. The van der Waals surface area contributed by atoms with Crippen molar-refractivity contribution < 1.29 is 4.74 Å². The predicted molar refractivity (Wildman–Crippen MR) is 120 cm³/mol. The average molecular weight is 402 g/mol. The summed E-state index contributed by atoms with van der Waals surface area (Å²) < 4.78 is 5.48. The van der Waals surface area contributed by atoms with Crippen molar-refractivity contribution in [2.75, 3.05) is 53.0 Å². The van der Waals surface area contributed by atoms with Gasteiger partial charge in [0.2, 0.25) is 0 Å². The van der Waals surface area contributed by atoms with Crippen LogP contribution in [0.5, 0.6) is 0 Å². The summed E-state index contributed by atoms with van der Waals surface area (Å²) in [7, 11) is 1.85. The lowest BCUT2D eigenvalue weighted by molar-refractivity contribution is 0.0341. The van der Waals surface area contributed by atoms with Crippen LogP contribution in [0.25, 0.3) is 0 Å². The Balaban J connectivity index is 1.51. The number of rotatable bonds is 7. The van der Waals surface area contributed by atoms with E-state index >= 15 is 0 Å². The minimum Gasteiger partial charge on any atom is -0.379 e. The Hall–Kier alpha value is -1.63. The molecule has 0 radical (unpaired) electrons. The molecule has 0 atom stereocenters. The molecular weight excluding hydrogens is 362 g/mol. The molecule has 2 saturated heterocycles. The minimum absolute atomic E-state index is 0.131. The van der Waals surface area contributed by atoms with Gasteiger partial charge >= 0.3 is 0 Å². The summed E-state index contributed by atoms with van der Waals surface area (Å²) in [4.78, 5) is 9.52. The fraction of sp³-hybridized carbons (Fsp3) is 0.696. The predicted octanol–water partition coefficient (Wildman–Crippen LogP) is 2.45. The van der Waals surface area contributed by atoms with E-state index in [9.17, 15) is 0 Å². The molecule has 2 N–H and O–H groups in total. The van der Waals surface area contributed by atoms with Gasteiger partial charge in [0, 0.05) is 45.3 Å². The molecule has 0 bridgehead atoms. The fourth-order valence-corrected chi connectivity index (χ4v) is 4.20. The van der Waals surface area contributed by atoms with Gasteiger partial charge in [-0.3, -0.25) is 14.8 Å². The highest BCUT2D eigenvalue weighted by atomic mass is 16.5. The zero-order valence-corrected chi connectivity index (χ0v) is 18.5. The van der Waals surface area contributed by atoms with Gasteiger partial charge in [0.25, 0.3) is 0 Å². The maximum absolute atomic E-state index is 5.48. The number of aliphatic imine (C=N–C) groups is 1. The molecule has 162 valence electrons. The highest BCUT2D eigenvalue weighted by Gasteiger charge is 2.27. The van der Waals surface area contributed by atoms with Gasteiger partial charge < -0.3 is 15.4 Å². The Bertz CT molecular complexity index is 648. The zero-order chi connectivity index (χ0) is 20.5. The van der Waals surface area contributed by atoms with Crippen LogP contribution in [-0.2, 0) is 17.8 Å². The SMILES string of the molecule is CN=C(NCc1ccccc1CN1CCOCC1)NCC(C)(C)N1CCCCC1. The summed E-state index contributed by atoms with van der Waals surface area (Å²) >= 11 is 0. The number of nitrogens with one attached hydrogen (secondary N) is 2. The second-order valence-corrected chi connectivity index (χ2v) is 8.80. The van der Waals surface area contributed by atoms with Crippen molar-refractivity contribution in [2.24, 2.45) is 4.99 Å². The molecule has 6 heteroatoms. The maximum atomic E-state index is 5.48. The van der Waals surface area contributed by atoms with Crippen LogP contribution < -0.4 is 10.6 Å². The molecule has 1 aromatic rings. The lowest BCUT2D eigenvalue weighted by Gasteiger charge is -2.41. The zero-order valence-electron chi connectivity index (χ0n) is 18.5. The number of hydrogen-bond acceptors (Lipinski definition) is 4. The van der Waals surface area contributed by atoms with Gasteiger partial charge in [0.1, 0.15) is 0 Å². The first-order chi connectivity index (χ1) is 14.1. The van der Waals surface area contributed by atoms with Crippen LogP contribution in [0.3, 0.4) is 0 Å². The Kier molecular flexibility index (Phi) is 8.33. The van der Waals surface area contributed by atoms with Gasteiger partial charge in [-0.05, 0) is 50.9 Å². The van der Waals surface area contributed by atoms with E-state index < -0.39 is 0 Å². The number of guanidine groups is 1. The molecule has 2 heterocycles. The summed E-state index contributed by atoms with van der Waals surface area (Å²) in [5, 5.41) is 7.06. The van der Waals surface area contributed by atoms with Crippen LogP contribution in [0.2, 0.25) is 0 Å². The maximum Gasteiger partial charge on any atom is 0.191 e. The molecule has 0 saturated carbocycles. The molecule has 0 aliphatic carbocycles. The number of benzene rings is 1. The topological polar surface area (TPSA) is 52.1 Å². The van der Waals surface area contributed by atoms with Gasteiger partial charge in [0.05, 0.1) is 13.2 Å². The van der Waals surface area contributed by atoms with Crippen LogP contribution in [0.4, 0.5) is 0 Å². The third-order valence-corrected chi connectivity index (χ3v) is 6.19. The van der Waals surface area contributed by atoms with Gasteiger partial charge in [0.15, 0.2) is 5.96 Å². The van der Waals surface area contributed by atoms with Gasteiger partial charge in [-0.2, -0.15) is 0 Å². The number of hydrogen-bond donors (Lipinski definition) is 2. The molecule has 0 amide bonds. The lowest BCUT2D eigenvalue weighted by atomic mass is 9.98. The molecule has 0 unspecified atom stereocenters. The van der Waals surface area contributed by atoms with Crippen molar-refractivity contribution in [1.29, 1.82) is 0 Å². The van der Waals surface area contributed by atoms with Crippen molar-refractivity contribution in [3.63, 3.8) is 0 Å². The molecular formula is C23H39N5O. The van der Waals surface area contributed by atoms with Crippen molar-refractivity contribution in [3.8, 4) is 0 Å². The van der Waals surface area contributed by atoms with Crippen LogP contribution in [0.15, 0.2) is 29.3 Å². The number of likely N-dealkylation sites (tertiary alicyclic amines) is 1. The van der Waals surface area contributed by atoms with Crippen LogP contribution in [0, 0.1) is 0 Å². The van der Waals surface area contributed by atoms with Crippen molar-refractivity contribution in [2.45, 2.75) is 51.7 Å². The Morgan fingerprint density at radius 1 is 1.00 bits per heavy atom. The molecule has 2 fully saturated rings. The fourth-order valence-electron chi connectivity index (χ4n) is 4.20. The summed E-state index contributed by atoms with van der Waals surface area (Å²) in [5.74, 6) is 0.872. The van der Waals surface area contributed by atoms with E-state index in [1.54, 1.807) is 0 Å². The van der Waals surface area contributed by atoms with E-state index in [0.717, 1.165) is 51.9 Å². The second kappa shape index (κ2) is 11.0. The Morgan fingerprint density at radius 3 is 2.38 bits per heavy atom. The standard InChI is InChI=1S/C23H39N5O/c1-23(2,28-11-7-4-8-12-28)19-26-22(24-3)25-17-20-9-5-6-10-21(20)18-27-13-15-29-16-14-27/h5-6,9-10H,4,7-8,11-19H2,1-3H3,(H2,24,25,26). The first-order valence-electron chi connectivity index (χ1n) is 11.1. The Morgan fingerprint density at radius 2 is 1.69 bits per heavy atom. The summed E-state index contributed by atoms with van der Waals surface area (Å²) in [6, 6.07) is 8.71. The largest absolute Gasteiger partial charge is 0.379 e. The molecule has 2 aliphatic rings. The van der Waals surface area contributed by atoms with E-state index in [1.807, 2.05) is 7.05 Å². The molecule has 0 aromatic heterocycles. The Labute approximate surface area is 176 Å². The van der Waals surface area contributed by atoms with Crippen molar-refractivity contribution in [1.82, 2.24) is 20.4 Å².